The van der Waals surface area contributed by atoms with Crippen molar-refractivity contribution in [2.75, 3.05) is 9.80 Å². The zero-order valence-corrected chi connectivity index (χ0v) is 39.3. The Hall–Kier alpha value is -5.80. The number of anilines is 6. The predicted molar refractivity (Wildman–Crippen MR) is 272 cm³/mol. The Labute approximate surface area is 377 Å². The SMILES string of the molecule is Cc1cc2c3c(c1)N(c1cc4c(cc1C)C(C)(C)CC4(C)C)c1cc4c(cc1B3c1ccc(-c3ccccc3)cc1N2c1cc(-c2ccccc2)ccc1C)C(C)(C)CCC4(C)C. The first kappa shape index (κ1) is 40.0. The van der Waals surface area contributed by atoms with Crippen LogP contribution in [-0.2, 0) is 21.7 Å². The van der Waals surface area contributed by atoms with Crippen LogP contribution in [0.3, 0.4) is 0 Å². The van der Waals surface area contributed by atoms with Crippen molar-refractivity contribution in [2.45, 2.75) is 117 Å². The molecule has 0 unspecified atom stereocenters. The molecule has 0 saturated heterocycles. The Morgan fingerprint density at radius 3 is 1.43 bits per heavy atom. The fourth-order valence-electron chi connectivity index (χ4n) is 12.5. The Morgan fingerprint density at radius 1 is 0.381 bits per heavy atom. The first-order valence-corrected chi connectivity index (χ1v) is 23.4. The molecular weight excluding hydrogens is 759 g/mol. The minimum atomic E-state index is 0.0479. The van der Waals surface area contributed by atoms with Crippen LogP contribution in [0.2, 0.25) is 0 Å². The Bertz CT molecular complexity index is 3020. The molecule has 3 heteroatoms. The summed E-state index contributed by atoms with van der Waals surface area (Å²) in [7, 11) is 0. The number of nitrogens with zero attached hydrogens (tertiary/aromatic N) is 2. The molecule has 314 valence electrons. The van der Waals surface area contributed by atoms with Crippen LogP contribution in [0.5, 0.6) is 0 Å². The zero-order valence-electron chi connectivity index (χ0n) is 39.3. The Morgan fingerprint density at radius 2 is 0.841 bits per heavy atom. The third kappa shape index (κ3) is 6.05. The van der Waals surface area contributed by atoms with Crippen molar-refractivity contribution in [1.82, 2.24) is 0 Å². The highest BCUT2D eigenvalue weighted by Gasteiger charge is 2.48. The van der Waals surface area contributed by atoms with Gasteiger partial charge in [0.1, 0.15) is 0 Å². The summed E-state index contributed by atoms with van der Waals surface area (Å²) >= 11 is 0. The normalized spacial score (nSPS) is 18.0. The molecule has 2 aliphatic carbocycles. The quantitative estimate of drug-likeness (QED) is 0.163. The van der Waals surface area contributed by atoms with Gasteiger partial charge in [-0.05, 0) is 176 Å². The van der Waals surface area contributed by atoms with Crippen molar-refractivity contribution in [3.05, 3.63) is 172 Å². The van der Waals surface area contributed by atoms with E-state index < -0.39 is 0 Å². The molecular formula is C60H61BN2. The molecule has 0 bridgehead atoms. The van der Waals surface area contributed by atoms with Gasteiger partial charge in [-0.2, -0.15) is 0 Å². The van der Waals surface area contributed by atoms with E-state index in [1.54, 1.807) is 0 Å². The molecule has 63 heavy (non-hydrogen) atoms. The van der Waals surface area contributed by atoms with Gasteiger partial charge in [0.25, 0.3) is 6.71 Å². The number of fused-ring (bicyclic) bond motifs is 6. The lowest BCUT2D eigenvalue weighted by molar-refractivity contribution is 0.332. The van der Waals surface area contributed by atoms with Crippen LogP contribution in [0.1, 0.15) is 114 Å². The van der Waals surface area contributed by atoms with E-state index >= 15 is 0 Å². The summed E-state index contributed by atoms with van der Waals surface area (Å²) in [6.45, 7) is 26.7. The van der Waals surface area contributed by atoms with Crippen molar-refractivity contribution in [3.63, 3.8) is 0 Å². The molecule has 2 nitrogen and oxygen atoms in total. The molecule has 0 aromatic heterocycles. The van der Waals surface area contributed by atoms with Crippen LogP contribution in [0.25, 0.3) is 22.3 Å². The van der Waals surface area contributed by atoms with Crippen molar-refractivity contribution in [3.8, 4) is 22.3 Å². The van der Waals surface area contributed by atoms with Crippen LogP contribution < -0.4 is 26.2 Å². The van der Waals surface area contributed by atoms with Gasteiger partial charge in [-0.25, -0.2) is 0 Å². The Balaban J connectivity index is 1.26. The highest BCUT2D eigenvalue weighted by Crippen LogP contribution is 2.55. The summed E-state index contributed by atoms with van der Waals surface area (Å²) in [6, 6.07) is 51.6. The van der Waals surface area contributed by atoms with E-state index in [1.807, 2.05) is 0 Å². The van der Waals surface area contributed by atoms with Crippen molar-refractivity contribution in [1.29, 1.82) is 0 Å². The number of benzene rings is 7. The molecule has 2 aliphatic heterocycles. The van der Waals surface area contributed by atoms with Crippen LogP contribution in [0.4, 0.5) is 34.1 Å². The smallest absolute Gasteiger partial charge is 0.252 e. The molecule has 0 saturated carbocycles. The van der Waals surface area contributed by atoms with E-state index in [9.17, 15) is 0 Å². The van der Waals surface area contributed by atoms with Crippen molar-refractivity contribution >= 4 is 57.2 Å². The molecule has 2 heterocycles. The second kappa shape index (κ2) is 13.6. The van der Waals surface area contributed by atoms with E-state index in [-0.39, 0.29) is 28.4 Å². The summed E-state index contributed by atoms with van der Waals surface area (Å²) in [4.78, 5) is 5.34. The molecule has 7 aromatic rings. The lowest BCUT2D eigenvalue weighted by Gasteiger charge is -2.48. The van der Waals surface area contributed by atoms with Gasteiger partial charge in [-0.3, -0.25) is 0 Å². The van der Waals surface area contributed by atoms with Crippen LogP contribution in [-0.4, -0.2) is 6.71 Å². The standard InChI is InChI=1S/C60H61BN2/c1-37-28-54-56-55(29-37)63(51-34-47-44(30-39(51)3)59(8,9)36-60(47,10)11)53-35-46-45(57(4,5)26-27-58(46,6)7)33-49(53)61(56)48-25-24-43(41-20-16-13-17-21-41)32-52(48)62(54)50-31-42(23-22-38(50)2)40-18-14-12-15-19-40/h12-25,28-35H,26-27,36H2,1-11H3. The average molecular weight is 821 g/mol. The molecule has 0 spiro atoms. The van der Waals surface area contributed by atoms with Crippen LogP contribution in [0.15, 0.2) is 133 Å². The van der Waals surface area contributed by atoms with E-state index in [1.165, 1.54) is 125 Å². The lowest BCUT2D eigenvalue weighted by atomic mass is 9.33. The summed E-state index contributed by atoms with van der Waals surface area (Å²) < 4.78 is 0. The largest absolute Gasteiger partial charge is 0.311 e. The van der Waals surface area contributed by atoms with Gasteiger partial charge in [0.05, 0.1) is 0 Å². The molecule has 0 N–H and O–H groups in total. The van der Waals surface area contributed by atoms with E-state index in [4.69, 9.17) is 0 Å². The minimum Gasteiger partial charge on any atom is -0.311 e. The lowest BCUT2D eigenvalue weighted by Crippen LogP contribution is -2.62. The van der Waals surface area contributed by atoms with E-state index in [0.29, 0.717) is 0 Å². The van der Waals surface area contributed by atoms with Crippen molar-refractivity contribution < 1.29 is 0 Å². The van der Waals surface area contributed by atoms with Gasteiger partial charge in [-0.1, -0.05) is 152 Å². The maximum absolute atomic E-state index is 2.71. The maximum Gasteiger partial charge on any atom is 0.252 e. The van der Waals surface area contributed by atoms with E-state index in [0.717, 1.165) is 6.42 Å². The molecule has 4 aliphatic rings. The molecule has 0 radical (unpaired) electrons. The highest BCUT2D eigenvalue weighted by atomic mass is 15.2. The fraction of sp³-hybridized carbons (Fsp3) is 0.300. The van der Waals surface area contributed by atoms with Gasteiger partial charge in [0.15, 0.2) is 0 Å². The number of aryl methyl sites for hydroxylation is 3. The molecule has 11 rings (SSSR count). The molecule has 0 amide bonds. The number of rotatable bonds is 4. The average Bonchev–Trinajstić information content (AvgIpc) is 3.43. The van der Waals surface area contributed by atoms with Crippen molar-refractivity contribution in [2.24, 2.45) is 0 Å². The first-order valence-electron chi connectivity index (χ1n) is 23.4. The van der Waals surface area contributed by atoms with Crippen LogP contribution in [0, 0.1) is 20.8 Å². The molecule has 0 fully saturated rings. The van der Waals surface area contributed by atoms with Gasteiger partial charge >= 0.3 is 0 Å². The molecule has 0 atom stereocenters. The topological polar surface area (TPSA) is 6.48 Å². The second-order valence-corrected chi connectivity index (χ2v) is 22.2. The fourth-order valence-corrected chi connectivity index (χ4v) is 12.5. The summed E-state index contributed by atoms with van der Waals surface area (Å²) in [6.07, 6.45) is 3.50. The Kier molecular flexibility index (Phi) is 8.64. The monoisotopic (exact) mass is 820 g/mol. The molecule has 7 aromatic carbocycles. The van der Waals surface area contributed by atoms with Gasteiger partial charge in [-0.15, -0.1) is 0 Å². The maximum atomic E-state index is 2.71. The summed E-state index contributed by atoms with van der Waals surface area (Å²) in [5.74, 6) is 0. The van der Waals surface area contributed by atoms with E-state index in [2.05, 4.69) is 219 Å². The third-order valence-electron chi connectivity index (χ3n) is 15.8. The zero-order chi connectivity index (χ0) is 44.0. The van der Waals surface area contributed by atoms with Gasteiger partial charge in [0, 0.05) is 34.1 Å². The highest BCUT2D eigenvalue weighted by molar-refractivity contribution is 7.00. The second-order valence-electron chi connectivity index (χ2n) is 22.2. The predicted octanol–water partition coefficient (Wildman–Crippen LogP) is 14.3. The minimum absolute atomic E-state index is 0.0479. The number of hydrogen-bond donors (Lipinski definition) is 0. The number of hydrogen-bond acceptors (Lipinski definition) is 2. The summed E-state index contributed by atoms with van der Waals surface area (Å²) in [5, 5.41) is 0. The van der Waals surface area contributed by atoms with Gasteiger partial charge in [0.2, 0.25) is 0 Å². The summed E-state index contributed by atoms with van der Waals surface area (Å²) in [5.41, 5.74) is 27.0. The first-order chi connectivity index (χ1) is 29.9. The van der Waals surface area contributed by atoms with Crippen LogP contribution >= 0.6 is 0 Å². The third-order valence-corrected chi connectivity index (χ3v) is 15.8. The van der Waals surface area contributed by atoms with Gasteiger partial charge < -0.3 is 9.80 Å².